The van der Waals surface area contributed by atoms with Gasteiger partial charge in [0.2, 0.25) is 0 Å². The van der Waals surface area contributed by atoms with Crippen LogP contribution in [0.1, 0.15) is 0 Å². The van der Waals surface area contributed by atoms with E-state index in [0.717, 1.165) is 26.2 Å². The van der Waals surface area contributed by atoms with Crippen molar-refractivity contribution in [3.05, 3.63) is 0 Å². The summed E-state index contributed by atoms with van der Waals surface area (Å²) in [6, 6.07) is 0. The zero-order chi connectivity index (χ0) is 9.56. The summed E-state index contributed by atoms with van der Waals surface area (Å²) in [5.74, 6) is 0. The SMILES string of the molecule is CN(C)CCN(C)CCN(C)C.Cl.Cl.Cl. The molecule has 0 atom stereocenters. The minimum atomic E-state index is 0. The Morgan fingerprint density at radius 1 is 0.533 bits per heavy atom. The number of likely N-dealkylation sites (N-methyl/N-ethyl adjacent to an activating group) is 3. The summed E-state index contributed by atoms with van der Waals surface area (Å²) in [7, 11) is 10.6. The second-order valence-electron chi connectivity index (χ2n) is 3.91. The van der Waals surface area contributed by atoms with E-state index in [0.29, 0.717) is 0 Å². The summed E-state index contributed by atoms with van der Waals surface area (Å²) in [6.07, 6.45) is 0. The standard InChI is InChI=1S/C9H23N3.3ClH/c1-10(2)6-8-12(5)9-7-11(3)4;;;/h6-9H2,1-5H3;3*1H. The lowest BCUT2D eigenvalue weighted by Crippen LogP contribution is -2.33. The molecule has 0 fully saturated rings. The largest absolute Gasteiger partial charge is 0.308 e. The van der Waals surface area contributed by atoms with Crippen molar-refractivity contribution in [3.8, 4) is 0 Å². The van der Waals surface area contributed by atoms with Gasteiger partial charge in [-0.3, -0.25) is 0 Å². The zero-order valence-electron chi connectivity index (χ0n) is 10.4. The fraction of sp³-hybridized carbons (Fsp3) is 1.00. The predicted octanol–water partition coefficient (Wildman–Crippen LogP) is 1.31. The van der Waals surface area contributed by atoms with E-state index >= 15 is 0 Å². The molecule has 0 aromatic carbocycles. The van der Waals surface area contributed by atoms with Gasteiger partial charge in [0.1, 0.15) is 0 Å². The Bertz CT molecular complexity index is 101. The van der Waals surface area contributed by atoms with Gasteiger partial charge in [0.15, 0.2) is 0 Å². The third kappa shape index (κ3) is 20.7. The number of halogens is 3. The van der Waals surface area contributed by atoms with E-state index in [2.05, 4.69) is 49.9 Å². The van der Waals surface area contributed by atoms with Gasteiger partial charge in [0.25, 0.3) is 0 Å². The van der Waals surface area contributed by atoms with Crippen molar-refractivity contribution in [1.82, 2.24) is 14.7 Å². The van der Waals surface area contributed by atoms with Gasteiger partial charge in [-0.1, -0.05) is 0 Å². The molecule has 0 bridgehead atoms. The summed E-state index contributed by atoms with van der Waals surface area (Å²) in [5.41, 5.74) is 0. The Morgan fingerprint density at radius 2 is 0.800 bits per heavy atom. The summed E-state index contributed by atoms with van der Waals surface area (Å²) >= 11 is 0. The molecule has 6 heteroatoms. The topological polar surface area (TPSA) is 9.72 Å². The molecule has 0 aliphatic heterocycles. The lowest BCUT2D eigenvalue weighted by molar-refractivity contribution is 0.254. The number of rotatable bonds is 6. The van der Waals surface area contributed by atoms with Crippen LogP contribution >= 0.6 is 37.2 Å². The first kappa shape index (κ1) is 24.8. The highest BCUT2D eigenvalue weighted by Crippen LogP contribution is 1.84. The van der Waals surface area contributed by atoms with Crippen molar-refractivity contribution in [2.24, 2.45) is 0 Å². The molecule has 0 saturated heterocycles. The van der Waals surface area contributed by atoms with Gasteiger partial charge < -0.3 is 14.7 Å². The second kappa shape index (κ2) is 14.8. The van der Waals surface area contributed by atoms with Crippen molar-refractivity contribution >= 4 is 37.2 Å². The molecular formula is C9H26Cl3N3. The molecule has 0 rings (SSSR count). The Hall–Kier alpha value is 0.750. The second-order valence-corrected chi connectivity index (χ2v) is 3.91. The third-order valence-electron chi connectivity index (χ3n) is 1.86. The first-order valence-corrected chi connectivity index (χ1v) is 4.50. The third-order valence-corrected chi connectivity index (χ3v) is 1.86. The normalized spacial score (nSPS) is 9.60. The fourth-order valence-corrected chi connectivity index (χ4v) is 0.853. The first-order chi connectivity index (χ1) is 5.52. The van der Waals surface area contributed by atoms with Gasteiger partial charge in [0, 0.05) is 26.2 Å². The fourth-order valence-electron chi connectivity index (χ4n) is 0.853. The monoisotopic (exact) mass is 281 g/mol. The van der Waals surface area contributed by atoms with E-state index in [9.17, 15) is 0 Å². The molecule has 0 heterocycles. The summed E-state index contributed by atoms with van der Waals surface area (Å²) < 4.78 is 0. The Labute approximate surface area is 113 Å². The maximum atomic E-state index is 2.36. The molecule has 0 radical (unpaired) electrons. The first-order valence-electron chi connectivity index (χ1n) is 4.50. The average molecular weight is 283 g/mol. The molecule has 0 aliphatic carbocycles. The molecule has 98 valence electrons. The maximum Gasteiger partial charge on any atom is 0.0107 e. The van der Waals surface area contributed by atoms with E-state index in [1.54, 1.807) is 0 Å². The summed E-state index contributed by atoms with van der Waals surface area (Å²) in [6.45, 7) is 4.59. The van der Waals surface area contributed by atoms with E-state index in [1.807, 2.05) is 0 Å². The molecule has 0 amide bonds. The van der Waals surface area contributed by atoms with Crippen molar-refractivity contribution in [2.75, 3.05) is 61.4 Å². The number of hydrogen-bond donors (Lipinski definition) is 0. The van der Waals surface area contributed by atoms with Crippen LogP contribution in [0, 0.1) is 0 Å². The highest BCUT2D eigenvalue weighted by molar-refractivity contribution is 5.86. The molecule has 0 unspecified atom stereocenters. The highest BCUT2D eigenvalue weighted by atomic mass is 35.5. The van der Waals surface area contributed by atoms with Crippen LogP contribution < -0.4 is 0 Å². The summed E-state index contributed by atoms with van der Waals surface area (Å²) in [5, 5.41) is 0. The minimum Gasteiger partial charge on any atom is -0.308 e. The minimum absolute atomic E-state index is 0. The summed E-state index contributed by atoms with van der Waals surface area (Å²) in [4.78, 5) is 6.79. The molecule has 3 nitrogen and oxygen atoms in total. The van der Waals surface area contributed by atoms with E-state index in [-0.39, 0.29) is 37.2 Å². The molecule has 0 saturated carbocycles. The van der Waals surface area contributed by atoms with Crippen molar-refractivity contribution in [1.29, 1.82) is 0 Å². The van der Waals surface area contributed by atoms with Gasteiger partial charge in [0.05, 0.1) is 0 Å². The number of nitrogens with zero attached hydrogens (tertiary/aromatic N) is 3. The van der Waals surface area contributed by atoms with Crippen LogP contribution in [0.4, 0.5) is 0 Å². The lowest BCUT2D eigenvalue weighted by atomic mass is 10.4. The van der Waals surface area contributed by atoms with Gasteiger partial charge >= 0.3 is 0 Å². The van der Waals surface area contributed by atoms with E-state index in [4.69, 9.17) is 0 Å². The van der Waals surface area contributed by atoms with Crippen LogP contribution in [0.25, 0.3) is 0 Å². The van der Waals surface area contributed by atoms with Crippen molar-refractivity contribution in [3.63, 3.8) is 0 Å². The average Bonchev–Trinajstić information content (AvgIpc) is 1.96. The zero-order valence-corrected chi connectivity index (χ0v) is 12.8. The van der Waals surface area contributed by atoms with E-state index < -0.39 is 0 Å². The van der Waals surface area contributed by atoms with Crippen LogP contribution in [0.5, 0.6) is 0 Å². The lowest BCUT2D eigenvalue weighted by Gasteiger charge is -2.20. The van der Waals surface area contributed by atoms with E-state index in [1.165, 1.54) is 0 Å². The van der Waals surface area contributed by atoms with Gasteiger partial charge in [-0.05, 0) is 35.2 Å². The Morgan fingerprint density at radius 3 is 1.00 bits per heavy atom. The predicted molar refractivity (Wildman–Crippen MR) is 76.3 cm³/mol. The molecule has 0 spiro atoms. The Balaban J connectivity index is -0.000000202. The van der Waals surface area contributed by atoms with Crippen LogP contribution in [-0.2, 0) is 0 Å². The maximum absolute atomic E-state index is 2.36. The van der Waals surface area contributed by atoms with Gasteiger partial charge in [-0.25, -0.2) is 0 Å². The molecular weight excluding hydrogens is 256 g/mol. The van der Waals surface area contributed by atoms with Crippen molar-refractivity contribution < 1.29 is 0 Å². The molecule has 15 heavy (non-hydrogen) atoms. The van der Waals surface area contributed by atoms with Gasteiger partial charge in [-0.2, -0.15) is 0 Å². The molecule has 0 aromatic rings. The van der Waals surface area contributed by atoms with Crippen molar-refractivity contribution in [2.45, 2.75) is 0 Å². The molecule has 0 aromatic heterocycles. The molecule has 0 N–H and O–H groups in total. The Kier molecular flexibility index (Phi) is 24.4. The smallest absolute Gasteiger partial charge is 0.0107 e. The number of hydrogen-bond acceptors (Lipinski definition) is 3. The van der Waals surface area contributed by atoms with Crippen LogP contribution in [0.15, 0.2) is 0 Å². The van der Waals surface area contributed by atoms with Crippen LogP contribution in [0.2, 0.25) is 0 Å². The van der Waals surface area contributed by atoms with Gasteiger partial charge in [-0.15, -0.1) is 37.2 Å². The highest BCUT2D eigenvalue weighted by Gasteiger charge is 1.98. The molecule has 0 aliphatic rings. The quantitative estimate of drug-likeness (QED) is 0.727. The van der Waals surface area contributed by atoms with Crippen LogP contribution in [-0.4, -0.2) is 76.1 Å². The van der Waals surface area contributed by atoms with Crippen LogP contribution in [0.3, 0.4) is 0 Å².